The second-order valence-corrected chi connectivity index (χ2v) is 6.99. The molecule has 27 heavy (non-hydrogen) atoms. The van der Waals surface area contributed by atoms with Gasteiger partial charge < -0.3 is 14.6 Å². The molecule has 2 aromatic heterocycles. The van der Waals surface area contributed by atoms with E-state index in [1.165, 1.54) is 6.42 Å². The quantitative estimate of drug-likeness (QED) is 0.809. The minimum absolute atomic E-state index is 0.0981. The van der Waals surface area contributed by atoms with Crippen molar-refractivity contribution >= 4 is 11.8 Å². The molecule has 3 rings (SSSR count). The first-order valence-corrected chi connectivity index (χ1v) is 9.71. The van der Waals surface area contributed by atoms with Gasteiger partial charge in [-0.05, 0) is 31.0 Å². The van der Waals surface area contributed by atoms with E-state index in [1.54, 1.807) is 42.6 Å². The summed E-state index contributed by atoms with van der Waals surface area (Å²) in [5.41, 5.74) is 0.708. The first-order chi connectivity index (χ1) is 13.2. The van der Waals surface area contributed by atoms with Gasteiger partial charge in [0.1, 0.15) is 11.8 Å². The molecule has 6 nitrogen and oxygen atoms in total. The maximum atomic E-state index is 13.2. The average molecular weight is 369 g/mol. The second-order valence-electron chi connectivity index (χ2n) is 6.99. The van der Waals surface area contributed by atoms with Gasteiger partial charge in [0.15, 0.2) is 0 Å². The number of nitrogens with zero attached hydrogens (tertiary/aromatic N) is 2. The molecule has 1 N–H and O–H groups in total. The molecule has 0 spiro atoms. The van der Waals surface area contributed by atoms with Crippen molar-refractivity contribution in [2.24, 2.45) is 0 Å². The molecule has 0 radical (unpaired) electrons. The van der Waals surface area contributed by atoms with E-state index in [2.05, 4.69) is 10.3 Å². The number of furan rings is 1. The van der Waals surface area contributed by atoms with Crippen LogP contribution in [-0.4, -0.2) is 27.7 Å². The van der Waals surface area contributed by atoms with Gasteiger partial charge >= 0.3 is 0 Å². The molecule has 2 amide bonds. The molecular formula is C21H27N3O3. The van der Waals surface area contributed by atoms with Crippen LogP contribution in [-0.2, 0) is 16.1 Å². The van der Waals surface area contributed by atoms with Gasteiger partial charge in [0.05, 0.1) is 12.8 Å². The lowest BCUT2D eigenvalue weighted by molar-refractivity contribution is -0.142. The number of aromatic nitrogens is 1. The third-order valence-electron chi connectivity index (χ3n) is 5.04. The van der Waals surface area contributed by atoms with E-state index in [1.807, 2.05) is 12.1 Å². The largest absolute Gasteiger partial charge is 0.467 e. The van der Waals surface area contributed by atoms with E-state index in [-0.39, 0.29) is 24.4 Å². The van der Waals surface area contributed by atoms with Crippen LogP contribution in [0.4, 0.5) is 0 Å². The lowest BCUT2D eigenvalue weighted by atomic mass is 9.95. The van der Waals surface area contributed by atoms with Gasteiger partial charge in [0.25, 0.3) is 0 Å². The SMILES string of the molecule is CCC(=O)N(Cc1ccco1)C(C(=O)NC1CCCCC1)c1cccnc1. The van der Waals surface area contributed by atoms with E-state index >= 15 is 0 Å². The van der Waals surface area contributed by atoms with Gasteiger partial charge in [-0.2, -0.15) is 0 Å². The van der Waals surface area contributed by atoms with Crippen LogP contribution >= 0.6 is 0 Å². The van der Waals surface area contributed by atoms with Crippen LogP contribution in [0.15, 0.2) is 47.3 Å². The molecule has 0 aromatic carbocycles. The summed E-state index contributed by atoms with van der Waals surface area (Å²) in [6.07, 6.45) is 10.7. The molecule has 2 aromatic rings. The topological polar surface area (TPSA) is 75.4 Å². The lowest BCUT2D eigenvalue weighted by Crippen LogP contribution is -2.46. The van der Waals surface area contributed by atoms with Crippen LogP contribution in [0.5, 0.6) is 0 Å². The monoisotopic (exact) mass is 369 g/mol. The van der Waals surface area contributed by atoms with Crippen molar-refractivity contribution in [3.8, 4) is 0 Å². The van der Waals surface area contributed by atoms with Crippen LogP contribution < -0.4 is 5.32 Å². The molecule has 1 atom stereocenters. The normalized spacial score (nSPS) is 15.9. The summed E-state index contributed by atoms with van der Waals surface area (Å²) in [5, 5.41) is 3.17. The molecule has 1 aliphatic rings. The zero-order valence-electron chi connectivity index (χ0n) is 15.8. The van der Waals surface area contributed by atoms with Crippen molar-refractivity contribution in [1.29, 1.82) is 0 Å². The maximum absolute atomic E-state index is 13.2. The van der Waals surface area contributed by atoms with Crippen LogP contribution in [0.3, 0.4) is 0 Å². The van der Waals surface area contributed by atoms with Crippen LogP contribution in [0.2, 0.25) is 0 Å². The van der Waals surface area contributed by atoms with Gasteiger partial charge in [-0.25, -0.2) is 0 Å². The zero-order chi connectivity index (χ0) is 19.1. The van der Waals surface area contributed by atoms with E-state index in [0.29, 0.717) is 17.7 Å². The Kier molecular flexibility index (Phi) is 6.63. The van der Waals surface area contributed by atoms with E-state index < -0.39 is 6.04 Å². The highest BCUT2D eigenvalue weighted by atomic mass is 16.3. The van der Waals surface area contributed by atoms with Crippen molar-refractivity contribution in [1.82, 2.24) is 15.2 Å². The number of carbonyl (C=O) groups excluding carboxylic acids is 2. The van der Waals surface area contributed by atoms with Gasteiger partial charge in [-0.15, -0.1) is 0 Å². The average Bonchev–Trinajstić information content (AvgIpc) is 3.22. The van der Waals surface area contributed by atoms with Gasteiger partial charge in [0.2, 0.25) is 11.8 Å². The fourth-order valence-corrected chi connectivity index (χ4v) is 3.63. The number of amides is 2. The minimum atomic E-state index is -0.724. The minimum Gasteiger partial charge on any atom is -0.467 e. The Morgan fingerprint density at radius 1 is 1.26 bits per heavy atom. The number of nitrogens with one attached hydrogen (secondary N) is 1. The molecule has 1 unspecified atom stereocenters. The number of hydrogen-bond acceptors (Lipinski definition) is 4. The van der Waals surface area contributed by atoms with Crippen LogP contribution in [0, 0.1) is 0 Å². The summed E-state index contributed by atoms with van der Waals surface area (Å²) >= 11 is 0. The predicted molar refractivity (Wildman–Crippen MR) is 102 cm³/mol. The van der Waals surface area contributed by atoms with Crippen LogP contribution in [0.1, 0.15) is 62.8 Å². The fraction of sp³-hybridized carbons (Fsp3) is 0.476. The van der Waals surface area contributed by atoms with Crippen molar-refractivity contribution in [3.05, 3.63) is 54.2 Å². The van der Waals surface area contributed by atoms with E-state index in [0.717, 1.165) is 25.7 Å². The highest BCUT2D eigenvalue weighted by Gasteiger charge is 2.33. The number of carbonyl (C=O) groups is 2. The summed E-state index contributed by atoms with van der Waals surface area (Å²) < 4.78 is 5.43. The summed E-state index contributed by atoms with van der Waals surface area (Å²) in [6.45, 7) is 2.05. The lowest BCUT2D eigenvalue weighted by Gasteiger charge is -2.32. The zero-order valence-corrected chi connectivity index (χ0v) is 15.8. The summed E-state index contributed by atoms with van der Waals surface area (Å²) in [7, 11) is 0. The Morgan fingerprint density at radius 3 is 2.70 bits per heavy atom. The maximum Gasteiger partial charge on any atom is 0.247 e. The number of rotatable bonds is 7. The second kappa shape index (κ2) is 9.35. The van der Waals surface area contributed by atoms with Gasteiger partial charge in [-0.3, -0.25) is 14.6 Å². The van der Waals surface area contributed by atoms with Crippen molar-refractivity contribution in [2.45, 2.75) is 64.1 Å². The fourth-order valence-electron chi connectivity index (χ4n) is 3.63. The summed E-state index contributed by atoms with van der Waals surface area (Å²) in [5.74, 6) is 0.401. The van der Waals surface area contributed by atoms with Crippen molar-refractivity contribution in [3.63, 3.8) is 0 Å². The van der Waals surface area contributed by atoms with Gasteiger partial charge in [-0.1, -0.05) is 32.3 Å². The molecule has 1 fully saturated rings. The molecule has 0 saturated heterocycles. The number of pyridine rings is 1. The Hall–Kier alpha value is -2.63. The number of hydrogen-bond donors (Lipinski definition) is 1. The standard InChI is InChI=1S/C21H27N3O3/c1-2-19(25)24(15-18-11-7-13-27-18)20(16-8-6-12-22-14-16)21(26)23-17-9-4-3-5-10-17/h6-8,11-14,17,20H,2-5,9-10,15H2,1H3,(H,23,26). The molecule has 2 heterocycles. The van der Waals surface area contributed by atoms with Crippen molar-refractivity contribution in [2.75, 3.05) is 0 Å². The molecular weight excluding hydrogens is 342 g/mol. The molecule has 0 bridgehead atoms. The third-order valence-corrected chi connectivity index (χ3v) is 5.04. The molecule has 1 aliphatic carbocycles. The Labute approximate surface area is 160 Å². The summed E-state index contributed by atoms with van der Waals surface area (Å²) in [4.78, 5) is 31.7. The first-order valence-electron chi connectivity index (χ1n) is 9.71. The molecule has 144 valence electrons. The van der Waals surface area contributed by atoms with E-state index in [4.69, 9.17) is 4.42 Å². The predicted octanol–water partition coefficient (Wildman–Crippen LogP) is 3.60. The third kappa shape index (κ3) is 4.96. The Bertz CT molecular complexity index is 724. The molecule has 6 heteroatoms. The van der Waals surface area contributed by atoms with E-state index in [9.17, 15) is 9.59 Å². The first kappa shape index (κ1) is 19.1. The van der Waals surface area contributed by atoms with Crippen molar-refractivity contribution < 1.29 is 14.0 Å². The molecule has 1 saturated carbocycles. The van der Waals surface area contributed by atoms with Crippen LogP contribution in [0.25, 0.3) is 0 Å². The smallest absolute Gasteiger partial charge is 0.247 e. The summed E-state index contributed by atoms with van der Waals surface area (Å²) in [6, 6.07) is 6.68. The van der Waals surface area contributed by atoms with Gasteiger partial charge in [0, 0.05) is 30.4 Å². The Morgan fingerprint density at radius 2 is 2.07 bits per heavy atom. The Balaban J connectivity index is 1.88. The highest BCUT2D eigenvalue weighted by Crippen LogP contribution is 2.26. The highest BCUT2D eigenvalue weighted by molar-refractivity contribution is 5.88. The molecule has 0 aliphatic heterocycles.